The van der Waals surface area contributed by atoms with Crippen LogP contribution >= 0.6 is 0 Å². The average Bonchev–Trinajstić information content (AvgIpc) is 3.59. The summed E-state index contributed by atoms with van der Waals surface area (Å²) in [7, 11) is 0. The van der Waals surface area contributed by atoms with Gasteiger partial charge in [0.2, 0.25) is 6.79 Å². The van der Waals surface area contributed by atoms with E-state index < -0.39 is 5.92 Å². The van der Waals surface area contributed by atoms with Crippen molar-refractivity contribution in [1.82, 2.24) is 5.32 Å². The molecule has 2 unspecified atom stereocenters. The van der Waals surface area contributed by atoms with Crippen LogP contribution in [0.5, 0.6) is 11.5 Å². The highest BCUT2D eigenvalue weighted by Gasteiger charge is 2.42. The number of carbonyl (C=O) groups excluding carboxylic acids is 2. The number of rotatable bonds is 4. The lowest BCUT2D eigenvalue weighted by Crippen LogP contribution is -2.36. The molecule has 2 aliphatic carbocycles. The summed E-state index contributed by atoms with van der Waals surface area (Å²) in [6, 6.07) is 15.2. The molecule has 2 heterocycles. The summed E-state index contributed by atoms with van der Waals surface area (Å²) in [4.78, 5) is 27.3. The summed E-state index contributed by atoms with van der Waals surface area (Å²) in [6.07, 6.45) is 4.68. The van der Waals surface area contributed by atoms with Gasteiger partial charge in [-0.2, -0.15) is 5.26 Å². The van der Waals surface area contributed by atoms with Crippen molar-refractivity contribution < 1.29 is 23.8 Å². The first kappa shape index (κ1) is 23.4. The minimum Gasteiger partial charge on any atom is -0.459 e. The highest BCUT2D eigenvalue weighted by atomic mass is 16.7. The summed E-state index contributed by atoms with van der Waals surface area (Å²) in [5.74, 6) is 0.399. The molecule has 188 valence electrons. The number of fused-ring (bicyclic) bond motifs is 1. The number of nitriles is 1. The van der Waals surface area contributed by atoms with Gasteiger partial charge in [-0.15, -0.1) is 0 Å². The molecule has 2 atom stereocenters. The Morgan fingerprint density at radius 1 is 1.05 bits per heavy atom. The van der Waals surface area contributed by atoms with Crippen molar-refractivity contribution in [2.75, 3.05) is 6.79 Å². The minimum atomic E-state index is -0.580. The smallest absolute Gasteiger partial charge is 0.337 e. The molecule has 1 fully saturated rings. The van der Waals surface area contributed by atoms with Crippen LogP contribution in [0.15, 0.2) is 65.0 Å². The van der Waals surface area contributed by atoms with Gasteiger partial charge in [0.15, 0.2) is 17.3 Å². The molecular formula is C30H28N2O5. The molecule has 7 nitrogen and oxygen atoms in total. The maximum absolute atomic E-state index is 13.8. The third-order valence-corrected chi connectivity index (χ3v) is 7.84. The van der Waals surface area contributed by atoms with E-state index in [9.17, 15) is 14.9 Å². The molecule has 1 N–H and O–H groups in total. The van der Waals surface area contributed by atoms with Crippen LogP contribution < -0.4 is 14.8 Å². The van der Waals surface area contributed by atoms with Crippen molar-refractivity contribution in [3.05, 3.63) is 81.7 Å². The molecule has 2 aliphatic heterocycles. The van der Waals surface area contributed by atoms with E-state index in [4.69, 9.17) is 14.2 Å². The van der Waals surface area contributed by atoms with Gasteiger partial charge in [-0.05, 0) is 80.3 Å². The summed E-state index contributed by atoms with van der Waals surface area (Å²) < 4.78 is 16.9. The summed E-state index contributed by atoms with van der Waals surface area (Å²) in [5.41, 5.74) is 4.81. The number of allylic oxidation sites excluding steroid dienone is 3. The Hall–Kier alpha value is -4.05. The van der Waals surface area contributed by atoms with E-state index in [1.807, 2.05) is 31.2 Å². The van der Waals surface area contributed by atoms with Crippen LogP contribution in [-0.4, -0.2) is 24.6 Å². The Labute approximate surface area is 215 Å². The van der Waals surface area contributed by atoms with Gasteiger partial charge in [0.1, 0.15) is 6.10 Å². The van der Waals surface area contributed by atoms with Gasteiger partial charge in [0.25, 0.3) is 0 Å². The van der Waals surface area contributed by atoms with E-state index >= 15 is 0 Å². The quantitative estimate of drug-likeness (QED) is 0.586. The minimum absolute atomic E-state index is 0.0116. The molecule has 0 aromatic heterocycles. The monoisotopic (exact) mass is 496 g/mol. The van der Waals surface area contributed by atoms with Crippen molar-refractivity contribution in [3.63, 3.8) is 0 Å². The molecule has 0 radical (unpaired) electrons. The fourth-order valence-electron chi connectivity index (χ4n) is 6.05. The lowest BCUT2D eigenvalue weighted by molar-refractivity contribution is -0.144. The lowest BCUT2D eigenvalue weighted by atomic mass is 9.71. The largest absolute Gasteiger partial charge is 0.459 e. The normalized spacial score (nSPS) is 23.0. The highest BCUT2D eigenvalue weighted by Crippen LogP contribution is 2.47. The molecule has 1 saturated carbocycles. The standard InChI is InChI=1S/C30H28N2O5/c1-17-27(30(34)37-22-7-2-3-8-22)28(20-6-4-5-18(11-20)15-31)29-23(32-17)12-21(13-24(29)33)19-9-10-25-26(14-19)36-16-35-25/h4-6,9-11,14,21-22,28,32H,2-3,7-8,12-13,16H2,1H3. The Morgan fingerprint density at radius 2 is 1.86 bits per heavy atom. The predicted octanol–water partition coefficient (Wildman–Crippen LogP) is 5.13. The van der Waals surface area contributed by atoms with Gasteiger partial charge in [-0.3, -0.25) is 4.79 Å². The van der Waals surface area contributed by atoms with E-state index in [1.165, 1.54) is 0 Å². The number of carbonyl (C=O) groups is 2. The van der Waals surface area contributed by atoms with Gasteiger partial charge < -0.3 is 19.5 Å². The third-order valence-electron chi connectivity index (χ3n) is 7.84. The van der Waals surface area contributed by atoms with Crippen molar-refractivity contribution in [2.24, 2.45) is 0 Å². The van der Waals surface area contributed by atoms with E-state index in [2.05, 4.69) is 11.4 Å². The number of Topliss-reactive ketones (excluding diaryl/α,β-unsaturated/α-hetero) is 1. The van der Waals surface area contributed by atoms with E-state index in [0.717, 1.165) is 42.5 Å². The summed E-state index contributed by atoms with van der Waals surface area (Å²) >= 11 is 0. The average molecular weight is 497 g/mol. The van der Waals surface area contributed by atoms with Crippen molar-refractivity contribution in [3.8, 4) is 17.6 Å². The second-order valence-corrected chi connectivity index (χ2v) is 10.2. The first-order valence-corrected chi connectivity index (χ1v) is 12.9. The Morgan fingerprint density at radius 3 is 2.68 bits per heavy atom. The Bertz CT molecular complexity index is 1390. The van der Waals surface area contributed by atoms with Gasteiger partial charge in [-0.25, -0.2) is 4.79 Å². The Kier molecular flexibility index (Phi) is 5.96. The number of hydrogen-bond acceptors (Lipinski definition) is 7. The molecule has 6 rings (SSSR count). The number of esters is 1. The number of benzene rings is 2. The van der Waals surface area contributed by atoms with Gasteiger partial charge in [0.05, 0.1) is 17.2 Å². The highest BCUT2D eigenvalue weighted by molar-refractivity contribution is 6.04. The lowest BCUT2D eigenvalue weighted by Gasteiger charge is -2.37. The summed E-state index contributed by atoms with van der Waals surface area (Å²) in [5, 5.41) is 12.9. The van der Waals surface area contributed by atoms with Crippen LogP contribution in [0.1, 0.15) is 74.0 Å². The fraction of sp³-hybridized carbons (Fsp3) is 0.367. The van der Waals surface area contributed by atoms with Crippen LogP contribution in [0.25, 0.3) is 0 Å². The maximum Gasteiger partial charge on any atom is 0.337 e. The van der Waals surface area contributed by atoms with Gasteiger partial charge >= 0.3 is 5.97 Å². The molecule has 2 aromatic carbocycles. The van der Waals surface area contributed by atoms with Crippen LogP contribution in [0.3, 0.4) is 0 Å². The predicted molar refractivity (Wildman–Crippen MR) is 135 cm³/mol. The zero-order valence-corrected chi connectivity index (χ0v) is 20.7. The van der Waals surface area contributed by atoms with E-state index in [-0.39, 0.29) is 30.6 Å². The molecule has 0 bridgehead atoms. The van der Waals surface area contributed by atoms with Crippen LogP contribution in [0.2, 0.25) is 0 Å². The molecule has 0 saturated heterocycles. The zero-order valence-electron chi connectivity index (χ0n) is 20.7. The van der Waals surface area contributed by atoms with Crippen molar-refractivity contribution in [2.45, 2.75) is 63.4 Å². The topological polar surface area (TPSA) is 97.7 Å². The molecule has 2 aromatic rings. The third kappa shape index (κ3) is 4.27. The second kappa shape index (κ2) is 9.44. The van der Waals surface area contributed by atoms with E-state index in [1.54, 1.807) is 18.2 Å². The maximum atomic E-state index is 13.8. The molecule has 0 spiro atoms. The molecular weight excluding hydrogens is 468 g/mol. The number of nitrogens with zero attached hydrogens (tertiary/aromatic N) is 1. The number of hydrogen-bond donors (Lipinski definition) is 1. The first-order chi connectivity index (χ1) is 18.0. The van der Waals surface area contributed by atoms with Crippen molar-refractivity contribution >= 4 is 11.8 Å². The number of nitrogens with one attached hydrogen (secondary N) is 1. The molecule has 37 heavy (non-hydrogen) atoms. The van der Waals surface area contributed by atoms with Gasteiger partial charge in [0, 0.05) is 29.3 Å². The molecule has 7 heteroatoms. The number of ether oxygens (including phenoxy) is 3. The summed E-state index contributed by atoms with van der Waals surface area (Å²) in [6.45, 7) is 2.07. The number of dihydropyridines is 1. The fourth-order valence-corrected chi connectivity index (χ4v) is 6.05. The first-order valence-electron chi connectivity index (χ1n) is 12.9. The molecule has 0 amide bonds. The van der Waals surface area contributed by atoms with Crippen LogP contribution in [-0.2, 0) is 14.3 Å². The zero-order chi connectivity index (χ0) is 25.5. The SMILES string of the molecule is CC1=C(C(=O)OC2CCCC2)C(c2cccc(C#N)c2)C2=C(CC(c3ccc4c(c3)OCO4)CC2=O)N1. The van der Waals surface area contributed by atoms with Crippen LogP contribution in [0.4, 0.5) is 0 Å². The van der Waals surface area contributed by atoms with E-state index in [0.29, 0.717) is 46.7 Å². The van der Waals surface area contributed by atoms with Crippen molar-refractivity contribution in [1.29, 1.82) is 5.26 Å². The van der Waals surface area contributed by atoms with Crippen LogP contribution in [0, 0.1) is 11.3 Å². The second-order valence-electron chi connectivity index (χ2n) is 10.2. The number of ketones is 1. The van der Waals surface area contributed by atoms with Gasteiger partial charge in [-0.1, -0.05) is 18.2 Å². The molecule has 4 aliphatic rings. The Balaban J connectivity index is 1.39.